The Kier molecular flexibility index (Phi) is 22.2. The summed E-state index contributed by atoms with van der Waals surface area (Å²) in [5, 5.41) is 14.0. The van der Waals surface area contributed by atoms with E-state index in [1.54, 1.807) is 71.0 Å². The van der Waals surface area contributed by atoms with Gasteiger partial charge in [-0.2, -0.15) is 0 Å². The number of pyridine rings is 4. The van der Waals surface area contributed by atoms with E-state index in [9.17, 15) is 27.6 Å². The summed E-state index contributed by atoms with van der Waals surface area (Å²) in [6, 6.07) is 68.6. The molecular weight excluding hydrogens is 1420 g/mol. The van der Waals surface area contributed by atoms with Crippen LogP contribution in [0.4, 0.5) is 34.5 Å². The van der Waals surface area contributed by atoms with Crippen molar-refractivity contribution in [1.82, 2.24) is 48.6 Å². The number of rotatable bonds is 17. The van der Waals surface area contributed by atoms with E-state index in [1.807, 2.05) is 185 Å². The molecule has 8 aromatic carbocycles. The summed E-state index contributed by atoms with van der Waals surface area (Å²) < 4.78 is 29.5. The molecule has 0 fully saturated rings. The van der Waals surface area contributed by atoms with Gasteiger partial charge in [-0.25, -0.2) is 37.9 Å². The molecule has 552 valence electrons. The number of H-pyrrole nitrogens is 1. The predicted molar refractivity (Wildman–Crippen MR) is 443 cm³/mol. The molecule has 3 atom stereocenters. The van der Waals surface area contributed by atoms with Crippen LogP contribution in [0, 0.1) is 40.5 Å². The lowest BCUT2D eigenvalue weighted by Crippen LogP contribution is -2.26. The molecule has 0 aliphatic heterocycles. The molecule has 0 bridgehead atoms. The molecule has 23 heteroatoms. The zero-order valence-corrected chi connectivity index (χ0v) is 63.2. The van der Waals surface area contributed by atoms with Crippen LogP contribution in [-0.2, 0) is 16.3 Å². The SMILES string of the molecule is [C-]#[N+]c1cnc(C)nc1N[C@@H](C)c1cc2cccc(-c3ccc(=O)[nH]c3)c2c(=O)n1-c1ccccc1.[C-]#[N+]c1cnc(C)nc1N[C@@H](C)c1cc2cccc(-c3cccc(CC)c3)c2c(=O)n1-c1ccccc1.[C-]#[N+]c1cnc(C)nc1N[C@@H](C)c1cc2cccc(-c3cccc(S(C)(=O)=O)c3)c2c(=O)n1-c1ccccc1. The lowest BCUT2D eigenvalue weighted by Gasteiger charge is -2.22. The van der Waals surface area contributed by atoms with Crippen molar-refractivity contribution in [2.75, 3.05) is 22.2 Å². The first-order valence-electron chi connectivity index (χ1n) is 35.9. The number of benzene rings is 8. The van der Waals surface area contributed by atoms with E-state index in [2.05, 4.69) is 96.6 Å². The fourth-order valence-corrected chi connectivity index (χ4v) is 14.2. The first kappa shape index (κ1) is 75.6. The molecule has 0 aliphatic rings. The van der Waals surface area contributed by atoms with Crippen molar-refractivity contribution in [3.63, 3.8) is 0 Å². The molecule has 0 unspecified atom stereocenters. The lowest BCUT2D eigenvalue weighted by molar-refractivity contribution is 0.602. The maximum Gasteiger partial charge on any atom is 0.263 e. The highest BCUT2D eigenvalue weighted by Gasteiger charge is 2.25. The van der Waals surface area contributed by atoms with Gasteiger partial charge in [-0.05, 0) is 176 Å². The van der Waals surface area contributed by atoms with Gasteiger partial charge < -0.3 is 20.9 Å². The summed E-state index contributed by atoms with van der Waals surface area (Å²) >= 11 is 0. The summed E-state index contributed by atoms with van der Waals surface area (Å²) in [7, 11) is -3.43. The van der Waals surface area contributed by atoms with Crippen molar-refractivity contribution in [3.05, 3.63) is 365 Å². The average molecular weight is 1500 g/mol. The summed E-state index contributed by atoms with van der Waals surface area (Å²) in [4.78, 5) is 93.4. The fourth-order valence-electron chi connectivity index (χ4n) is 13.6. The van der Waals surface area contributed by atoms with Crippen molar-refractivity contribution in [2.24, 2.45) is 0 Å². The number of anilines is 3. The van der Waals surface area contributed by atoms with Crippen molar-refractivity contribution >= 4 is 76.7 Å². The van der Waals surface area contributed by atoms with Crippen molar-refractivity contribution < 1.29 is 8.42 Å². The first-order valence-corrected chi connectivity index (χ1v) is 37.8. The summed E-state index contributed by atoms with van der Waals surface area (Å²) in [5.41, 5.74) is 10.5. The van der Waals surface area contributed by atoms with Crippen LogP contribution in [0.5, 0.6) is 0 Å². The van der Waals surface area contributed by atoms with Crippen LogP contribution in [0.2, 0.25) is 0 Å². The van der Waals surface area contributed by atoms with Gasteiger partial charge in [0.05, 0.1) is 58.9 Å². The van der Waals surface area contributed by atoms with E-state index in [1.165, 1.54) is 30.2 Å². The number of nitrogens with one attached hydrogen (secondary N) is 4. The van der Waals surface area contributed by atoms with E-state index in [0.29, 0.717) is 102 Å². The zero-order valence-electron chi connectivity index (χ0n) is 62.3. The number of para-hydroxylation sites is 3. The highest BCUT2D eigenvalue weighted by Crippen LogP contribution is 2.37. The molecule has 15 rings (SSSR count). The number of hydrogen-bond donors (Lipinski definition) is 4. The van der Waals surface area contributed by atoms with Crippen molar-refractivity contribution in [3.8, 4) is 50.4 Å². The molecule has 112 heavy (non-hydrogen) atoms. The Morgan fingerprint density at radius 3 is 1.11 bits per heavy atom. The van der Waals surface area contributed by atoms with Gasteiger partial charge >= 0.3 is 0 Å². The molecule has 0 amide bonds. The largest absolute Gasteiger partial charge is 0.371 e. The quantitative estimate of drug-likeness (QED) is 0.0618. The van der Waals surface area contributed by atoms with E-state index in [0.717, 1.165) is 57.1 Å². The first-order chi connectivity index (χ1) is 54.1. The average Bonchev–Trinajstić information content (AvgIpc) is 0.628. The second kappa shape index (κ2) is 32.9. The topological polar surface area (TPSA) is 260 Å². The van der Waals surface area contributed by atoms with Crippen molar-refractivity contribution in [1.29, 1.82) is 0 Å². The molecule has 7 aromatic heterocycles. The minimum atomic E-state index is -3.43. The maximum atomic E-state index is 14.3. The third-order valence-electron chi connectivity index (χ3n) is 19.0. The maximum absolute atomic E-state index is 14.3. The zero-order chi connectivity index (χ0) is 78.9. The molecule has 4 N–H and O–H groups in total. The van der Waals surface area contributed by atoms with Gasteiger partial charge in [0.15, 0.2) is 9.84 Å². The van der Waals surface area contributed by atoms with Gasteiger partial charge in [-0.1, -0.05) is 153 Å². The number of fused-ring (bicyclic) bond motifs is 3. The number of aromatic nitrogens is 10. The lowest BCUT2D eigenvalue weighted by atomic mass is 9.96. The monoisotopic (exact) mass is 1490 g/mol. The Bertz CT molecular complexity index is 6630. The van der Waals surface area contributed by atoms with Crippen LogP contribution in [0.3, 0.4) is 0 Å². The second-order valence-electron chi connectivity index (χ2n) is 26.6. The van der Waals surface area contributed by atoms with Crippen LogP contribution >= 0.6 is 0 Å². The number of aryl methyl sites for hydroxylation is 4. The second-order valence-corrected chi connectivity index (χ2v) is 28.6. The Labute approximate surface area is 645 Å². The van der Waals surface area contributed by atoms with Gasteiger partial charge in [0.25, 0.3) is 16.7 Å². The standard InChI is InChI=1S/C31H27N5O.C30H25N5O3S.C28H22N6O2/c1-5-22-11-9-12-23(17-22)26-16-10-13-24-18-28(20(2)34-30-27(32-4)19-33-21(3)35-30)36(31(37)29(24)26)25-14-7-6-8-15-25;1-19(33-29-26(31-3)18-32-20(2)34-29)27-17-22-11-9-15-25(21-10-8-14-24(16-21)39(4,37)38)28(22)30(36)35(27)23-12-6-5-7-13-23;1-17(32-27-23(29-3)16-30-18(2)33-27)24-14-19-8-7-11-22(20-12-13-25(35)31-15-20)26(19)28(36)34(24)21-9-5-4-6-10-21/h6-20H,5H2,1-3H3,(H,33,34,35);5-19H,1-2,4H3,(H,32,33,34);4-17H,1-2H3,(H,31,35)(H,30,32,33)/t20-;19-;17-/m000/s1. The molecule has 15 aromatic rings. The normalized spacial score (nSPS) is 11.9. The molecule has 0 saturated carbocycles. The predicted octanol–water partition coefficient (Wildman–Crippen LogP) is 18.1. The summed E-state index contributed by atoms with van der Waals surface area (Å²) in [6.07, 6.45) is 8.19. The molecule has 0 spiro atoms. The third kappa shape index (κ3) is 16.0. The van der Waals surface area contributed by atoms with Crippen LogP contribution in [-0.4, -0.2) is 63.3 Å². The van der Waals surface area contributed by atoms with Crippen LogP contribution < -0.4 is 38.2 Å². The van der Waals surface area contributed by atoms with E-state index in [4.69, 9.17) is 19.7 Å². The van der Waals surface area contributed by atoms with Gasteiger partial charge in [0, 0.05) is 71.3 Å². The fraction of sp³-hybridized carbons (Fsp3) is 0.135. The smallest absolute Gasteiger partial charge is 0.263 e. The van der Waals surface area contributed by atoms with E-state index < -0.39 is 15.9 Å². The molecular formula is C89H74N16O6S. The molecule has 0 aliphatic carbocycles. The molecule has 22 nitrogen and oxygen atoms in total. The number of aromatic amines is 1. The van der Waals surface area contributed by atoms with Gasteiger partial charge in [0.1, 0.15) is 34.9 Å². The Balaban J connectivity index is 0.000000147. The minimum Gasteiger partial charge on any atom is -0.371 e. The van der Waals surface area contributed by atoms with E-state index >= 15 is 0 Å². The van der Waals surface area contributed by atoms with Crippen LogP contribution in [0.1, 0.15) is 85.9 Å². The third-order valence-corrected chi connectivity index (χ3v) is 20.1. The van der Waals surface area contributed by atoms with Gasteiger partial charge in [-0.15, -0.1) is 0 Å². The Morgan fingerprint density at radius 2 is 0.768 bits per heavy atom. The van der Waals surface area contributed by atoms with Gasteiger partial charge in [0.2, 0.25) is 22.6 Å². The molecule has 0 radical (unpaired) electrons. The highest BCUT2D eigenvalue weighted by atomic mass is 32.2. The number of nitrogens with zero attached hydrogens (tertiary/aromatic N) is 12. The highest BCUT2D eigenvalue weighted by molar-refractivity contribution is 7.90. The van der Waals surface area contributed by atoms with Crippen molar-refractivity contribution in [2.45, 2.75) is 77.9 Å². The summed E-state index contributed by atoms with van der Waals surface area (Å²) in [5.74, 6) is 2.90. The van der Waals surface area contributed by atoms with Crippen LogP contribution in [0.15, 0.2) is 273 Å². The molecule has 0 saturated heterocycles. The Hall–Kier alpha value is -14.6. The van der Waals surface area contributed by atoms with E-state index in [-0.39, 0.29) is 44.9 Å². The van der Waals surface area contributed by atoms with Gasteiger partial charge in [-0.3, -0.25) is 47.8 Å². The summed E-state index contributed by atoms with van der Waals surface area (Å²) in [6.45, 7) is 35.7. The van der Waals surface area contributed by atoms with Crippen LogP contribution in [0.25, 0.3) is 97.3 Å². The Morgan fingerprint density at radius 1 is 0.420 bits per heavy atom. The number of hydrogen-bond acceptors (Lipinski definition) is 15. The number of sulfone groups is 1. The molecule has 7 heterocycles. The minimum absolute atomic E-state index is 0.0888.